The van der Waals surface area contributed by atoms with Crippen molar-refractivity contribution in [2.75, 3.05) is 0 Å². The van der Waals surface area contributed by atoms with E-state index in [2.05, 4.69) is 4.98 Å². The SMILES string of the molecule is CC(F)(F)F.FC(F)(F)c1ccc2c(Cc3ccccc3)c(-c3ccccc3)[nH]c2c1. The molecule has 4 aromatic rings. The normalized spacial score (nSPS) is 11.8. The maximum Gasteiger partial charge on any atom is 0.416 e. The van der Waals surface area contributed by atoms with Crippen LogP contribution in [0, 0.1) is 0 Å². The molecule has 0 aliphatic rings. The molecule has 0 atom stereocenters. The lowest BCUT2D eigenvalue weighted by Crippen LogP contribution is -2.04. The van der Waals surface area contributed by atoms with Gasteiger partial charge in [0.15, 0.2) is 0 Å². The van der Waals surface area contributed by atoms with Crippen LogP contribution >= 0.6 is 0 Å². The van der Waals surface area contributed by atoms with E-state index in [4.69, 9.17) is 0 Å². The van der Waals surface area contributed by atoms with Crippen molar-refractivity contribution in [1.82, 2.24) is 4.98 Å². The number of fused-ring (bicyclic) bond motifs is 1. The number of aromatic amines is 1. The second kappa shape index (κ2) is 8.88. The van der Waals surface area contributed by atoms with Crippen LogP contribution in [0.4, 0.5) is 26.3 Å². The maximum atomic E-state index is 13.1. The lowest BCUT2D eigenvalue weighted by Gasteiger charge is -2.07. The highest BCUT2D eigenvalue weighted by atomic mass is 19.4. The summed E-state index contributed by atoms with van der Waals surface area (Å²) in [4.78, 5) is 3.21. The molecule has 1 aromatic heterocycles. The van der Waals surface area contributed by atoms with Crippen molar-refractivity contribution in [2.24, 2.45) is 0 Å². The zero-order valence-corrected chi connectivity index (χ0v) is 16.5. The van der Waals surface area contributed by atoms with Gasteiger partial charge >= 0.3 is 12.4 Å². The Bertz CT molecular complexity index is 1120. The van der Waals surface area contributed by atoms with Crippen molar-refractivity contribution < 1.29 is 26.3 Å². The minimum absolute atomic E-state index is 0.188. The van der Waals surface area contributed by atoms with Crippen molar-refractivity contribution in [3.05, 3.63) is 95.6 Å². The summed E-state index contributed by atoms with van der Waals surface area (Å²) >= 11 is 0. The zero-order valence-electron chi connectivity index (χ0n) is 16.5. The Kier molecular flexibility index (Phi) is 6.43. The van der Waals surface area contributed by atoms with Crippen LogP contribution in [0.15, 0.2) is 78.9 Å². The van der Waals surface area contributed by atoms with Gasteiger partial charge in [-0.15, -0.1) is 0 Å². The summed E-state index contributed by atoms with van der Waals surface area (Å²) in [6, 6.07) is 23.5. The molecule has 162 valence electrons. The molecule has 1 nitrogen and oxygen atoms in total. The lowest BCUT2D eigenvalue weighted by atomic mass is 9.98. The van der Waals surface area contributed by atoms with Crippen LogP contribution < -0.4 is 0 Å². The number of alkyl halides is 6. The monoisotopic (exact) mass is 435 g/mol. The van der Waals surface area contributed by atoms with Crippen molar-refractivity contribution in [1.29, 1.82) is 0 Å². The van der Waals surface area contributed by atoms with E-state index in [9.17, 15) is 26.3 Å². The van der Waals surface area contributed by atoms with Gasteiger partial charge in [-0.3, -0.25) is 0 Å². The zero-order chi connectivity index (χ0) is 22.6. The fraction of sp³-hybridized carbons (Fsp3) is 0.167. The van der Waals surface area contributed by atoms with Crippen LogP contribution in [0.25, 0.3) is 22.2 Å². The number of aromatic nitrogens is 1. The Morgan fingerprint density at radius 1 is 0.742 bits per heavy atom. The Balaban J connectivity index is 0.000000491. The van der Waals surface area contributed by atoms with Gasteiger partial charge in [-0.25, -0.2) is 0 Å². The number of H-pyrrole nitrogens is 1. The third kappa shape index (κ3) is 6.13. The molecule has 4 rings (SSSR count). The van der Waals surface area contributed by atoms with Crippen molar-refractivity contribution >= 4 is 10.9 Å². The molecule has 0 aliphatic carbocycles. The second-order valence-corrected chi connectivity index (χ2v) is 7.05. The molecule has 1 heterocycles. The first-order valence-corrected chi connectivity index (χ1v) is 9.40. The van der Waals surface area contributed by atoms with E-state index < -0.39 is 17.9 Å². The minimum atomic E-state index is -4.36. The van der Waals surface area contributed by atoms with Crippen LogP contribution in [0.1, 0.15) is 23.6 Å². The number of benzene rings is 3. The van der Waals surface area contributed by atoms with Crippen LogP contribution in [0.3, 0.4) is 0 Å². The fourth-order valence-corrected chi connectivity index (χ4v) is 3.27. The average Bonchev–Trinajstić information content (AvgIpc) is 3.05. The summed E-state index contributed by atoms with van der Waals surface area (Å²) in [5.41, 5.74) is 3.81. The molecule has 1 N–H and O–H groups in total. The summed E-state index contributed by atoms with van der Waals surface area (Å²) < 4.78 is 70.3. The molecule has 0 aliphatic heterocycles. The fourth-order valence-electron chi connectivity index (χ4n) is 3.27. The number of rotatable bonds is 3. The molecule has 31 heavy (non-hydrogen) atoms. The van der Waals surface area contributed by atoms with Gasteiger partial charge in [-0.1, -0.05) is 66.7 Å². The highest BCUT2D eigenvalue weighted by Gasteiger charge is 2.31. The predicted molar refractivity (Wildman–Crippen MR) is 110 cm³/mol. The Morgan fingerprint density at radius 2 is 1.29 bits per heavy atom. The highest BCUT2D eigenvalue weighted by Crippen LogP contribution is 2.36. The quantitative estimate of drug-likeness (QED) is 0.314. The molecule has 0 spiro atoms. The smallest absolute Gasteiger partial charge is 0.354 e. The molecule has 0 fully saturated rings. The van der Waals surface area contributed by atoms with Gasteiger partial charge < -0.3 is 4.98 Å². The van der Waals surface area contributed by atoms with Gasteiger partial charge in [0.25, 0.3) is 0 Å². The first-order chi connectivity index (χ1) is 14.5. The van der Waals surface area contributed by atoms with Crippen molar-refractivity contribution in [2.45, 2.75) is 25.7 Å². The summed E-state index contributed by atoms with van der Waals surface area (Å²) in [5, 5.41) is 0.820. The summed E-state index contributed by atoms with van der Waals surface area (Å²) in [7, 11) is 0. The molecular weight excluding hydrogens is 416 g/mol. The molecule has 0 unspecified atom stereocenters. The van der Waals surface area contributed by atoms with Crippen LogP contribution in [0.5, 0.6) is 0 Å². The van der Waals surface area contributed by atoms with Crippen LogP contribution in [-0.4, -0.2) is 11.2 Å². The van der Waals surface area contributed by atoms with Gasteiger partial charge in [0.05, 0.1) is 11.3 Å². The van der Waals surface area contributed by atoms with Gasteiger partial charge in [-0.2, -0.15) is 26.3 Å². The summed E-state index contributed by atoms with van der Waals surface area (Å²) in [6.45, 7) is 0.188. The number of halogens is 6. The van der Waals surface area contributed by atoms with Crippen molar-refractivity contribution in [3.8, 4) is 11.3 Å². The van der Waals surface area contributed by atoms with E-state index in [0.29, 0.717) is 11.9 Å². The maximum absolute atomic E-state index is 13.1. The van der Waals surface area contributed by atoms with Gasteiger partial charge in [-0.05, 0) is 28.8 Å². The van der Waals surface area contributed by atoms with E-state index in [0.717, 1.165) is 33.8 Å². The molecule has 0 saturated carbocycles. The lowest BCUT2D eigenvalue weighted by molar-refractivity contribution is -0.137. The average molecular weight is 435 g/mol. The molecule has 0 saturated heterocycles. The third-order valence-electron chi connectivity index (χ3n) is 4.52. The molecule has 0 bridgehead atoms. The van der Waals surface area contributed by atoms with Gasteiger partial charge in [0, 0.05) is 24.2 Å². The third-order valence-corrected chi connectivity index (χ3v) is 4.52. The molecule has 7 heteroatoms. The summed E-state index contributed by atoms with van der Waals surface area (Å²) in [6.07, 6.45) is -7.71. The number of nitrogens with one attached hydrogen (secondary N) is 1. The standard InChI is InChI=1S/C22H16F3N.C2H3F3/c23-22(24,25)17-11-12-18-19(13-15-7-3-1-4-8-15)21(26-20(18)14-17)16-9-5-2-6-10-16;1-2(3,4)5/h1-12,14,26H,13H2;1H3. The highest BCUT2D eigenvalue weighted by molar-refractivity contribution is 5.91. The largest absolute Gasteiger partial charge is 0.416 e. The van der Waals surface area contributed by atoms with Crippen LogP contribution in [-0.2, 0) is 12.6 Å². The Morgan fingerprint density at radius 3 is 1.84 bits per heavy atom. The van der Waals surface area contributed by atoms with Crippen LogP contribution in [0.2, 0.25) is 0 Å². The van der Waals surface area contributed by atoms with E-state index in [1.54, 1.807) is 6.07 Å². The van der Waals surface area contributed by atoms with E-state index in [1.165, 1.54) is 6.07 Å². The first kappa shape index (κ1) is 22.5. The first-order valence-electron chi connectivity index (χ1n) is 9.40. The Hall–Kier alpha value is -3.22. The Labute approximate surface area is 175 Å². The minimum Gasteiger partial charge on any atom is -0.354 e. The van der Waals surface area contributed by atoms with Crippen molar-refractivity contribution in [3.63, 3.8) is 0 Å². The predicted octanol–water partition coefficient (Wildman–Crippen LogP) is 8.01. The molecular formula is C24H19F6N. The summed E-state index contributed by atoms with van der Waals surface area (Å²) in [5.74, 6) is 0. The van der Waals surface area contributed by atoms with Gasteiger partial charge in [0.1, 0.15) is 0 Å². The second-order valence-electron chi connectivity index (χ2n) is 7.05. The molecule has 0 radical (unpaired) electrons. The molecule has 3 aromatic carbocycles. The molecule has 0 amide bonds. The van der Waals surface area contributed by atoms with E-state index >= 15 is 0 Å². The number of hydrogen-bond donors (Lipinski definition) is 1. The van der Waals surface area contributed by atoms with E-state index in [-0.39, 0.29) is 6.92 Å². The van der Waals surface area contributed by atoms with E-state index in [1.807, 2.05) is 60.7 Å². The topological polar surface area (TPSA) is 15.8 Å². The number of hydrogen-bond acceptors (Lipinski definition) is 0. The van der Waals surface area contributed by atoms with Gasteiger partial charge in [0.2, 0.25) is 0 Å².